The van der Waals surface area contributed by atoms with Crippen molar-refractivity contribution in [3.8, 4) is 5.75 Å². The highest BCUT2D eigenvalue weighted by atomic mass is 19.2. The van der Waals surface area contributed by atoms with Crippen LogP contribution in [0.3, 0.4) is 0 Å². The summed E-state index contributed by atoms with van der Waals surface area (Å²) in [5.74, 6) is -2.37. The van der Waals surface area contributed by atoms with Crippen molar-refractivity contribution in [2.45, 2.75) is 37.2 Å². The van der Waals surface area contributed by atoms with Gasteiger partial charge in [0.15, 0.2) is 0 Å². The Hall–Kier alpha value is -3.21. The van der Waals surface area contributed by atoms with Gasteiger partial charge in [-0.25, -0.2) is 9.18 Å². The molecule has 1 aromatic rings. The average Bonchev–Trinajstić information content (AvgIpc) is 3.30. The van der Waals surface area contributed by atoms with Gasteiger partial charge in [0, 0.05) is 62.3 Å². The number of fused-ring (bicyclic) bond motifs is 2. The molecule has 3 amide bonds. The first-order valence-corrected chi connectivity index (χ1v) is 12.0. The normalized spacial score (nSPS) is 29.2. The number of rotatable bonds is 7. The molecule has 192 valence electrons. The van der Waals surface area contributed by atoms with Crippen molar-refractivity contribution < 1.29 is 28.9 Å². The summed E-state index contributed by atoms with van der Waals surface area (Å²) in [7, 11) is 3.12. The molecule has 3 N–H and O–H groups in total. The number of aromatic hydroxyl groups is 1. The Morgan fingerprint density at radius 2 is 2.08 bits per heavy atom. The van der Waals surface area contributed by atoms with E-state index < -0.39 is 23.5 Å². The number of hydrogen-bond acceptors (Lipinski definition) is 7. The number of ether oxygens (including phenoxy) is 1. The molecule has 10 heteroatoms. The smallest absolute Gasteiger partial charge is 0.328 e. The Kier molecular flexibility index (Phi) is 5.93. The lowest BCUT2D eigenvalue weighted by Gasteiger charge is -2.44. The van der Waals surface area contributed by atoms with E-state index in [9.17, 15) is 19.8 Å². The Morgan fingerprint density at radius 1 is 1.31 bits per heavy atom. The number of carbonyl (C=O) groups excluding carboxylic acids is 2. The van der Waals surface area contributed by atoms with Crippen molar-refractivity contribution in [1.29, 1.82) is 0 Å². The minimum absolute atomic E-state index is 0.0190. The topological polar surface area (TPSA) is 106 Å². The number of halogens is 1. The number of methoxy groups -OCH3 is 1. The number of benzene rings is 1. The second-order valence-corrected chi connectivity index (χ2v) is 9.96. The van der Waals surface area contributed by atoms with E-state index in [1.807, 2.05) is 11.9 Å². The number of carbonyl (C=O) groups is 2. The van der Waals surface area contributed by atoms with Crippen LogP contribution >= 0.6 is 0 Å². The lowest BCUT2D eigenvalue weighted by atomic mass is 9.79. The lowest BCUT2D eigenvalue weighted by Crippen LogP contribution is -2.52. The molecule has 0 saturated carbocycles. The van der Waals surface area contributed by atoms with Crippen LogP contribution in [0.1, 0.15) is 31.4 Å². The quantitative estimate of drug-likeness (QED) is 0.495. The number of nitrogens with one attached hydrogen (secondary N) is 1. The van der Waals surface area contributed by atoms with Gasteiger partial charge in [0.1, 0.15) is 11.3 Å². The third kappa shape index (κ3) is 3.55. The Labute approximate surface area is 209 Å². The minimum Gasteiger partial charge on any atom is -0.508 e. The molecule has 9 nitrogen and oxygen atoms in total. The molecule has 3 aliphatic heterocycles. The zero-order valence-corrected chi connectivity index (χ0v) is 20.6. The number of likely N-dealkylation sites (N-methyl/N-ethyl adjacent to an activating group) is 1. The zero-order valence-electron chi connectivity index (χ0n) is 20.6. The number of urea groups is 1. The van der Waals surface area contributed by atoms with E-state index in [0.717, 1.165) is 11.1 Å². The van der Waals surface area contributed by atoms with E-state index in [1.165, 1.54) is 24.3 Å². The SMILES string of the molecule is COC1(F)C=CNC2=C1CC1=C2[C@@H](c2cccc(O)c2)N2C(=O)N(CCN(C)CCO)C(=O)[C@]2(C)C1. The molecule has 0 radical (unpaired) electrons. The maximum atomic E-state index is 15.7. The van der Waals surface area contributed by atoms with Gasteiger partial charge in [-0.2, -0.15) is 0 Å². The summed E-state index contributed by atoms with van der Waals surface area (Å²) in [5.41, 5.74) is 2.01. The number of phenols is 1. The summed E-state index contributed by atoms with van der Waals surface area (Å²) in [6, 6.07) is 5.46. The number of nitrogens with zero attached hydrogens (tertiary/aromatic N) is 3. The van der Waals surface area contributed by atoms with Gasteiger partial charge in [0.2, 0.25) is 0 Å². The largest absolute Gasteiger partial charge is 0.508 e. The number of aliphatic hydroxyl groups is 1. The second-order valence-electron chi connectivity index (χ2n) is 9.96. The highest BCUT2D eigenvalue weighted by Gasteiger charge is 2.61. The minimum atomic E-state index is -2.09. The van der Waals surface area contributed by atoms with Gasteiger partial charge >= 0.3 is 6.03 Å². The van der Waals surface area contributed by atoms with Crippen LogP contribution in [0.5, 0.6) is 5.75 Å². The summed E-state index contributed by atoms with van der Waals surface area (Å²) in [5, 5.41) is 22.6. The van der Waals surface area contributed by atoms with Gasteiger partial charge < -0.3 is 25.2 Å². The summed E-state index contributed by atoms with van der Waals surface area (Å²) >= 11 is 0. The van der Waals surface area contributed by atoms with Gasteiger partial charge in [-0.1, -0.05) is 17.7 Å². The summed E-state index contributed by atoms with van der Waals surface area (Å²) in [4.78, 5) is 32.3. The molecule has 1 aliphatic carbocycles. The van der Waals surface area contributed by atoms with Gasteiger partial charge in [-0.15, -0.1) is 0 Å². The highest BCUT2D eigenvalue weighted by Crippen LogP contribution is 2.56. The lowest BCUT2D eigenvalue weighted by molar-refractivity contribution is -0.133. The van der Waals surface area contributed by atoms with E-state index in [0.29, 0.717) is 29.9 Å². The molecule has 1 unspecified atom stereocenters. The van der Waals surface area contributed by atoms with Crippen molar-refractivity contribution in [1.82, 2.24) is 20.0 Å². The van der Waals surface area contributed by atoms with Crippen molar-refractivity contribution >= 4 is 11.9 Å². The number of amides is 3. The van der Waals surface area contributed by atoms with Gasteiger partial charge in [-0.05, 0) is 38.1 Å². The van der Waals surface area contributed by atoms with Gasteiger partial charge in [0.05, 0.1) is 12.6 Å². The molecule has 36 heavy (non-hydrogen) atoms. The van der Waals surface area contributed by atoms with Crippen LogP contribution in [-0.4, -0.2) is 88.6 Å². The molecule has 3 heterocycles. The number of alkyl halides is 1. The molecule has 5 rings (SSSR count). The molecule has 1 saturated heterocycles. The van der Waals surface area contributed by atoms with Crippen LogP contribution < -0.4 is 5.32 Å². The summed E-state index contributed by atoms with van der Waals surface area (Å²) in [6.45, 7) is 2.77. The van der Waals surface area contributed by atoms with Crippen LogP contribution in [0.15, 0.2) is 59.0 Å². The van der Waals surface area contributed by atoms with E-state index in [4.69, 9.17) is 4.74 Å². The van der Waals surface area contributed by atoms with Crippen molar-refractivity contribution in [3.63, 3.8) is 0 Å². The molecule has 4 aliphatic rings. The second kappa shape index (κ2) is 8.72. The Balaban J connectivity index is 1.60. The first-order valence-electron chi connectivity index (χ1n) is 12.0. The fourth-order valence-corrected chi connectivity index (χ4v) is 5.89. The summed E-state index contributed by atoms with van der Waals surface area (Å²) in [6.07, 6.45) is 3.34. The fraction of sp³-hybridized carbons (Fsp3) is 0.462. The number of imide groups is 1. The van der Waals surface area contributed by atoms with Crippen molar-refractivity contribution in [2.24, 2.45) is 0 Å². The first-order chi connectivity index (χ1) is 17.1. The monoisotopic (exact) mass is 498 g/mol. The number of phenolic OH excluding ortho intramolecular Hbond substituents is 1. The molecule has 1 aromatic carbocycles. The third-order valence-electron chi connectivity index (χ3n) is 7.71. The van der Waals surface area contributed by atoms with E-state index in [2.05, 4.69) is 5.32 Å². The zero-order chi connectivity index (χ0) is 25.8. The predicted molar refractivity (Wildman–Crippen MR) is 129 cm³/mol. The average molecular weight is 499 g/mol. The molecule has 0 aromatic heterocycles. The van der Waals surface area contributed by atoms with E-state index in [1.54, 1.807) is 36.1 Å². The summed E-state index contributed by atoms with van der Waals surface area (Å²) < 4.78 is 20.9. The van der Waals surface area contributed by atoms with E-state index >= 15 is 4.39 Å². The highest BCUT2D eigenvalue weighted by molar-refractivity contribution is 6.08. The molecule has 1 fully saturated rings. The van der Waals surface area contributed by atoms with Crippen LogP contribution in [-0.2, 0) is 9.53 Å². The predicted octanol–water partition coefficient (Wildman–Crippen LogP) is 2.17. The first kappa shape index (κ1) is 24.5. The number of hydrogen-bond donors (Lipinski definition) is 3. The maximum absolute atomic E-state index is 15.7. The van der Waals surface area contributed by atoms with E-state index in [-0.39, 0.29) is 37.6 Å². The molecule has 0 bridgehead atoms. The van der Waals surface area contributed by atoms with Crippen molar-refractivity contribution in [2.75, 3.05) is 40.4 Å². The molecule has 0 spiro atoms. The molecule has 3 atom stereocenters. The Bertz CT molecular complexity index is 1210. The standard InChI is InChI=1S/C26H31FN4O5/c1-25-15-17-14-19-21(28-8-7-26(19,27)36-3)20(17)22(16-5-4-6-18(33)13-16)31(25)24(35)30(23(25)34)10-9-29(2)11-12-32/h4-8,13,22,28,32-33H,9-12,14-15H2,1-3H3/t22-,25+,26?/m1/s1. The van der Waals surface area contributed by atoms with Crippen molar-refractivity contribution in [3.05, 3.63) is 64.5 Å². The molecular weight excluding hydrogens is 467 g/mol. The fourth-order valence-electron chi connectivity index (χ4n) is 5.89. The van der Waals surface area contributed by atoms with Gasteiger partial charge in [-0.3, -0.25) is 14.6 Å². The van der Waals surface area contributed by atoms with Crippen LogP contribution in [0, 0.1) is 0 Å². The van der Waals surface area contributed by atoms with Crippen LogP contribution in [0.4, 0.5) is 9.18 Å². The third-order valence-corrected chi connectivity index (χ3v) is 7.71. The molecular formula is C26H31FN4O5. The number of aliphatic hydroxyl groups excluding tert-OH is 1. The number of dihydropyridines is 1. The maximum Gasteiger partial charge on any atom is 0.328 e. The van der Waals surface area contributed by atoms with Crippen LogP contribution in [0.25, 0.3) is 0 Å². The van der Waals surface area contributed by atoms with Gasteiger partial charge in [0.25, 0.3) is 11.8 Å². The van der Waals surface area contributed by atoms with Crippen LogP contribution in [0.2, 0.25) is 0 Å². The Morgan fingerprint density at radius 3 is 2.78 bits per heavy atom.